The molecule has 0 aromatic carbocycles. The second-order valence-electron chi connectivity index (χ2n) is 4.21. The molecule has 0 saturated carbocycles. The molecule has 0 spiro atoms. The summed E-state index contributed by atoms with van der Waals surface area (Å²) in [6.45, 7) is 0. The molecule has 0 heterocycles. The Hall–Kier alpha value is 39.4. The molecule has 54 heavy (non-hydrogen) atoms. The second kappa shape index (κ2) is 56.0. The van der Waals surface area contributed by atoms with Crippen LogP contribution in [-0.2, 0) is 0 Å². The molecule has 0 N–H and O–H groups in total. The van der Waals surface area contributed by atoms with Crippen molar-refractivity contribution in [2.45, 2.75) is 0 Å². The first-order chi connectivity index (χ1) is 25.0. The molecule has 0 fully saturated rings. The average Bonchev–Trinajstić information content (AvgIpc) is 3.18. The zero-order chi connectivity index (χ0) is 43.7. The Morgan fingerprint density at radius 3 is 0.407 bits per heavy atom. The van der Waals surface area contributed by atoms with Crippen LogP contribution in [0.5, 0.6) is 0 Å². The van der Waals surface area contributed by atoms with Crippen LogP contribution in [0.25, 0.3) is 0 Å². The summed E-state index contributed by atoms with van der Waals surface area (Å²) in [7, 11) is -15.1. The van der Waals surface area contributed by atoms with Crippen molar-refractivity contribution in [3.63, 3.8) is 0 Å². The van der Waals surface area contributed by atoms with Gasteiger partial charge < -0.3 is 0 Å². The quantitative estimate of drug-likeness (QED) is 0.0757. The Kier molecular flexibility index (Phi) is 94.9. The first-order valence-electron chi connectivity index (χ1n) is 7.95. The van der Waals surface area contributed by atoms with Gasteiger partial charge in [0.25, 0.3) is 0 Å². The van der Waals surface area contributed by atoms with E-state index in [1.807, 2.05) is 0 Å². The third-order valence-corrected chi connectivity index (χ3v) is 4130. The third-order valence-electron chi connectivity index (χ3n) is 2.04. The molecule has 0 amide bonds. The van der Waals surface area contributed by atoms with Crippen LogP contribution in [0.3, 0.4) is 0 Å². The Balaban J connectivity index is 5.62. The van der Waals surface area contributed by atoms with Gasteiger partial charge in [0.1, 0.15) is 0 Å². The molecular formula is HI54-. The molecule has 0 aromatic rings. The number of rotatable bonds is 26. The van der Waals surface area contributed by atoms with E-state index in [1.54, 1.807) is 0 Å². The predicted octanol–water partition coefficient (Wildman–Crippen LogP) is 43.7. The summed E-state index contributed by atoms with van der Waals surface area (Å²) < 4.78 is 8.25. The topological polar surface area (TPSA) is 0 Å². The second-order valence-corrected chi connectivity index (χ2v) is 1270. The molecular weight excluding hydrogens is 6850 g/mol. The summed E-state index contributed by atoms with van der Waals surface area (Å²) in [6, 6.07) is 0. The van der Waals surface area contributed by atoms with Gasteiger partial charge in [0, 0.05) is 0 Å². The van der Waals surface area contributed by atoms with Crippen LogP contribution in [0, 0.1) is 0 Å². The Morgan fingerprint density at radius 1 is 0.185 bits per heavy atom. The molecule has 0 aliphatic heterocycles. The summed E-state index contributed by atoms with van der Waals surface area (Å²) in [6.07, 6.45) is 0. The van der Waals surface area contributed by atoms with Crippen LogP contribution in [0.4, 0.5) is 0 Å². The van der Waals surface area contributed by atoms with Crippen molar-refractivity contribution in [1.29, 1.82) is 0.594 Å². The van der Waals surface area contributed by atoms with E-state index in [1.165, 1.54) is 0 Å². The van der Waals surface area contributed by atoms with Gasteiger partial charge in [-0.2, -0.15) is 0 Å². The summed E-state index contributed by atoms with van der Waals surface area (Å²) in [4.78, 5) is 0. The Labute approximate surface area is 683 Å². The van der Waals surface area contributed by atoms with Crippen LogP contribution in [0.15, 0.2) is 0 Å². The van der Waals surface area contributed by atoms with Gasteiger partial charge in [-0.05, 0) is 0 Å². The number of halogens is 54. The molecule has 0 aromatic heterocycles. The maximum atomic E-state index is 8.25. The summed E-state index contributed by atoms with van der Waals surface area (Å²) >= 11 is 88.5. The van der Waals surface area contributed by atoms with Gasteiger partial charge in [0.15, 0.2) is 0 Å². The molecule has 0 bridgehead atoms. The molecule has 0 unspecified atom stereocenters. The van der Waals surface area contributed by atoms with E-state index in [2.05, 4.69) is 503 Å². The minimum absolute atomic E-state index is 0.0928. The zero-order valence-corrected chi connectivity index (χ0v) is 137. The molecule has 0 rings (SSSR count). The molecule has 54 heteroatoms. The summed E-state index contributed by atoms with van der Waals surface area (Å²) in [5.41, 5.74) is 0. The van der Waals surface area contributed by atoms with Crippen LogP contribution < -0.4 is 18.4 Å². The van der Waals surface area contributed by atoms with E-state index in [4.69, 9.17) is 0.594 Å². The van der Waals surface area contributed by atoms with E-state index in [-0.39, 0.29) is 18.4 Å². The van der Waals surface area contributed by atoms with Gasteiger partial charge in [-0.1, -0.05) is 0 Å². The molecule has 0 radical (unpaired) electrons. The van der Waals surface area contributed by atoms with Crippen LogP contribution in [-0.4, -0.2) is 0.594 Å². The number of hydrogen-bond acceptors (Lipinski definition) is 0. The van der Waals surface area contributed by atoms with Crippen molar-refractivity contribution in [1.82, 2.24) is 0 Å². The molecule has 0 aliphatic rings. The van der Waals surface area contributed by atoms with Crippen molar-refractivity contribution < 1.29 is 18.4 Å². The van der Waals surface area contributed by atoms with E-state index in [0.29, 0.717) is 0 Å². The standard InChI is InChI=1S/HI54/c1-29(2)31(5)33(7)35(9)37(11)39(13)41(15)43(17)45(19)47(21)49(23)51(25)53(27)54(28)52(26)50(24)48(22)46(20)44(18)42(16)40(14)38(12)36(10)34(8)32(6)30(3)4/h1H/q-1/i1D. The summed E-state index contributed by atoms with van der Waals surface area (Å²) in [5, 5.41) is 0. The van der Waals surface area contributed by atoms with Gasteiger partial charge >= 0.3 is 727 Å². The normalized spacial score (nSPS) is 19.2. The third kappa shape index (κ3) is 38.5. The van der Waals surface area contributed by atoms with Gasteiger partial charge in [-0.15, -0.1) is 0 Å². The molecule has 0 aliphatic carbocycles. The predicted molar refractivity (Wildman–Crippen MR) is 744 cm³/mol. The van der Waals surface area contributed by atoms with Crippen molar-refractivity contribution in [3.05, 3.63) is 0 Å². The van der Waals surface area contributed by atoms with E-state index < -0.39 is 205 Å². The monoisotopic (exact) mass is 6850 g/mol. The molecule has 0 atom stereocenters. The van der Waals surface area contributed by atoms with Crippen molar-refractivity contribution >= 4 is 708 Å². The number of hydrogen-bond donors (Lipinski definition) is 0. The van der Waals surface area contributed by atoms with Crippen LogP contribution in [0.2, 0.25) is 0 Å². The van der Waals surface area contributed by atoms with Crippen LogP contribution >= 0.6 is 708 Å². The van der Waals surface area contributed by atoms with Gasteiger partial charge in [0.05, 0.1) is 0 Å². The van der Waals surface area contributed by atoms with Gasteiger partial charge in [-0.3, -0.25) is 0 Å². The zero-order valence-electron chi connectivity index (χ0n) is 21.4. The minimum atomic E-state index is -0.721. The van der Waals surface area contributed by atoms with Crippen molar-refractivity contribution in [2.24, 2.45) is 0 Å². The van der Waals surface area contributed by atoms with E-state index in [0.717, 1.165) is 0 Å². The maximum absolute atomic E-state index is 8.25. The average molecular weight is 6850 g/mol. The first-order valence-corrected chi connectivity index (χ1v) is 341. The van der Waals surface area contributed by atoms with E-state index >= 15 is 0 Å². The fourth-order valence-corrected chi connectivity index (χ4v) is 10100. The molecule has 380 valence electrons. The van der Waals surface area contributed by atoms with Crippen molar-refractivity contribution in [2.75, 3.05) is 0 Å². The Morgan fingerprint density at radius 2 is 0.296 bits per heavy atom. The van der Waals surface area contributed by atoms with Crippen LogP contribution in [0.1, 0.15) is 0 Å². The SMILES string of the molecule is [2H][I-]I(I)I(I)I(I)I(I)I(I)I(I)I(I)I(I)I(I)I(I)I(I)I(I)I(I)I(I)I(I)I(I)I(I)I(I)I(I)I(I)I(I)I(I)I(I)I(I)I(I)I(I)I. The fourth-order valence-electron chi connectivity index (χ4n) is 0.741. The van der Waals surface area contributed by atoms with Gasteiger partial charge in [-0.25, -0.2) is 0 Å². The van der Waals surface area contributed by atoms with E-state index in [9.17, 15) is 0 Å². The molecule has 0 nitrogen and oxygen atoms in total. The fraction of sp³-hybridized carbons (Fsp3) is 0. The van der Waals surface area contributed by atoms with Crippen molar-refractivity contribution in [3.8, 4) is 0 Å². The summed E-state index contributed by atoms with van der Waals surface area (Å²) in [5.74, 6) is 0. The Bertz CT molecular complexity index is 1000. The molecule has 0 saturated heterocycles. The van der Waals surface area contributed by atoms with Gasteiger partial charge in [0.2, 0.25) is 0 Å². The first kappa shape index (κ1) is 91.4.